The van der Waals surface area contributed by atoms with Crippen molar-refractivity contribution in [2.75, 3.05) is 0 Å². The van der Waals surface area contributed by atoms with Crippen LogP contribution in [0.2, 0.25) is 0 Å². The van der Waals surface area contributed by atoms with E-state index in [1.165, 1.54) is 16.7 Å². The number of halogens is 2. The topological polar surface area (TPSA) is 0 Å². The summed E-state index contributed by atoms with van der Waals surface area (Å²) >= 11 is 7.56. The van der Waals surface area contributed by atoms with Crippen molar-refractivity contribution in [1.29, 1.82) is 0 Å². The van der Waals surface area contributed by atoms with Crippen LogP contribution in [-0.4, -0.2) is 0 Å². The van der Waals surface area contributed by atoms with Gasteiger partial charge in [0.2, 0.25) is 0 Å². The van der Waals surface area contributed by atoms with Crippen molar-refractivity contribution in [3.05, 3.63) is 69.7 Å². The molecule has 2 rings (SSSR count). The van der Waals surface area contributed by atoms with Gasteiger partial charge < -0.3 is 0 Å². The van der Waals surface area contributed by atoms with Crippen LogP contribution in [0.25, 0.3) is 0 Å². The van der Waals surface area contributed by atoms with Gasteiger partial charge in [-0.3, -0.25) is 0 Å². The van der Waals surface area contributed by atoms with Gasteiger partial charge in [-0.25, -0.2) is 0 Å². The summed E-state index contributed by atoms with van der Waals surface area (Å²) in [5.41, 5.74) is 3.97. The smallest absolute Gasteiger partial charge is 0.0740 e. The molecule has 0 saturated carbocycles. The van der Waals surface area contributed by atoms with E-state index in [1.54, 1.807) is 0 Å². The first kappa shape index (κ1) is 13.8. The van der Waals surface area contributed by atoms with Gasteiger partial charge in [-0.05, 0) is 36.1 Å². The van der Waals surface area contributed by atoms with Crippen molar-refractivity contribution >= 4 is 31.9 Å². The van der Waals surface area contributed by atoms with Gasteiger partial charge in [0.15, 0.2) is 0 Å². The third-order valence-corrected chi connectivity index (χ3v) is 4.83. The van der Waals surface area contributed by atoms with Gasteiger partial charge in [0, 0.05) is 4.47 Å². The molecule has 0 bridgehead atoms. The summed E-state index contributed by atoms with van der Waals surface area (Å²) < 4.78 is 0.968. The fourth-order valence-electron chi connectivity index (χ4n) is 2.27. The summed E-state index contributed by atoms with van der Waals surface area (Å²) in [6.07, 6.45) is 1.04. The van der Waals surface area contributed by atoms with Crippen LogP contribution in [0.1, 0.15) is 30.5 Å². The van der Waals surface area contributed by atoms with E-state index >= 15 is 0 Å². The fraction of sp³-hybridized carbons (Fsp3) is 0.250. The van der Waals surface area contributed by atoms with Gasteiger partial charge in [0.25, 0.3) is 0 Å². The summed E-state index contributed by atoms with van der Waals surface area (Å²) in [7, 11) is 0. The average molecular weight is 368 g/mol. The van der Waals surface area contributed by atoms with Crippen LogP contribution in [0.4, 0.5) is 0 Å². The molecule has 94 valence electrons. The van der Waals surface area contributed by atoms with E-state index in [0.29, 0.717) is 0 Å². The zero-order chi connectivity index (χ0) is 13.2. The molecule has 2 aromatic carbocycles. The van der Waals surface area contributed by atoms with Gasteiger partial charge in [0.1, 0.15) is 0 Å². The Morgan fingerprint density at radius 2 is 1.50 bits per heavy atom. The lowest BCUT2D eigenvalue weighted by Crippen LogP contribution is -2.17. The molecule has 1 unspecified atom stereocenters. The summed E-state index contributed by atoms with van der Waals surface area (Å²) in [4.78, 5) is 0. The minimum atomic E-state index is -0.167. The zero-order valence-corrected chi connectivity index (χ0v) is 13.8. The third kappa shape index (κ3) is 2.55. The Bertz CT molecular complexity index is 544. The van der Waals surface area contributed by atoms with Gasteiger partial charge >= 0.3 is 0 Å². The molecule has 0 nitrogen and oxygen atoms in total. The maximum atomic E-state index is 3.91. The van der Waals surface area contributed by atoms with Crippen molar-refractivity contribution in [3.8, 4) is 0 Å². The Morgan fingerprint density at radius 3 is 2.11 bits per heavy atom. The number of hydrogen-bond acceptors (Lipinski definition) is 0. The van der Waals surface area contributed by atoms with Crippen LogP contribution in [0.15, 0.2) is 53.0 Å². The highest BCUT2D eigenvalue weighted by Crippen LogP contribution is 2.42. The predicted molar refractivity (Wildman–Crippen MR) is 85.3 cm³/mol. The largest absolute Gasteiger partial charge is 0.0751 e. The molecule has 0 heterocycles. The highest BCUT2D eigenvalue weighted by atomic mass is 79.9. The molecule has 0 saturated heterocycles. The molecule has 0 aliphatic heterocycles. The minimum absolute atomic E-state index is 0.167. The lowest BCUT2D eigenvalue weighted by molar-refractivity contribution is 0.833. The van der Waals surface area contributed by atoms with E-state index in [1.807, 2.05) is 6.07 Å². The minimum Gasteiger partial charge on any atom is -0.0751 e. The van der Waals surface area contributed by atoms with Gasteiger partial charge in [-0.1, -0.05) is 81.2 Å². The van der Waals surface area contributed by atoms with Crippen LogP contribution < -0.4 is 0 Å². The number of alkyl halides is 1. The Balaban J connectivity index is 2.58. The predicted octanol–water partition coefficient (Wildman–Crippen LogP) is 5.67. The van der Waals surface area contributed by atoms with Gasteiger partial charge in [-0.15, -0.1) is 0 Å². The summed E-state index contributed by atoms with van der Waals surface area (Å²) in [6.45, 7) is 4.41. The highest BCUT2D eigenvalue weighted by molar-refractivity contribution is 9.11. The molecule has 0 aromatic heterocycles. The maximum Gasteiger partial charge on any atom is 0.0740 e. The molecule has 18 heavy (non-hydrogen) atoms. The molecule has 2 aromatic rings. The van der Waals surface area contributed by atoms with E-state index in [4.69, 9.17) is 0 Å². The first-order chi connectivity index (χ1) is 8.57. The molecule has 1 atom stereocenters. The molecule has 0 radical (unpaired) electrons. The van der Waals surface area contributed by atoms with E-state index in [9.17, 15) is 0 Å². The first-order valence-electron chi connectivity index (χ1n) is 6.09. The van der Waals surface area contributed by atoms with Crippen LogP contribution in [0.3, 0.4) is 0 Å². The fourth-order valence-corrected chi connectivity index (χ4v) is 3.95. The summed E-state index contributed by atoms with van der Waals surface area (Å²) in [5.74, 6) is 0. The molecule has 0 amide bonds. The molecule has 0 spiro atoms. The average Bonchev–Trinajstić information content (AvgIpc) is 2.39. The summed E-state index contributed by atoms with van der Waals surface area (Å²) in [5, 5.41) is 0. The first-order valence-corrected chi connectivity index (χ1v) is 7.68. The Kier molecular flexibility index (Phi) is 4.29. The Morgan fingerprint density at radius 1 is 0.944 bits per heavy atom. The number of rotatable bonds is 3. The summed E-state index contributed by atoms with van der Waals surface area (Å²) in [6, 6.07) is 17.0. The SMILES string of the molecule is CCc1ccccc1C(C)(Br)c1ccccc1Br. The second-order valence-corrected chi connectivity index (χ2v) is 6.93. The second kappa shape index (κ2) is 5.58. The number of benzene rings is 2. The maximum absolute atomic E-state index is 3.91. The monoisotopic (exact) mass is 366 g/mol. The van der Waals surface area contributed by atoms with Crippen LogP contribution in [-0.2, 0) is 10.7 Å². The Labute approximate surface area is 126 Å². The van der Waals surface area contributed by atoms with Crippen LogP contribution in [0.5, 0.6) is 0 Å². The van der Waals surface area contributed by atoms with E-state index in [2.05, 4.69) is 88.2 Å². The molecular formula is C16H16Br2. The van der Waals surface area contributed by atoms with E-state index in [0.717, 1.165) is 10.9 Å². The highest BCUT2D eigenvalue weighted by Gasteiger charge is 2.28. The molecule has 0 N–H and O–H groups in total. The van der Waals surface area contributed by atoms with Gasteiger partial charge in [0.05, 0.1) is 4.32 Å². The lowest BCUT2D eigenvalue weighted by Gasteiger charge is -2.27. The third-order valence-electron chi connectivity index (χ3n) is 3.28. The van der Waals surface area contributed by atoms with Crippen molar-refractivity contribution < 1.29 is 0 Å². The van der Waals surface area contributed by atoms with Crippen molar-refractivity contribution in [3.63, 3.8) is 0 Å². The number of hydrogen-bond donors (Lipinski definition) is 0. The molecule has 2 heteroatoms. The quantitative estimate of drug-likeness (QED) is 0.613. The second-order valence-electron chi connectivity index (χ2n) is 4.49. The lowest BCUT2D eigenvalue weighted by atomic mass is 9.88. The molecular weight excluding hydrogens is 352 g/mol. The standard InChI is InChI=1S/C16H16Br2/c1-3-12-8-4-5-9-13(12)16(2,18)14-10-6-7-11-15(14)17/h4-11H,3H2,1-2H3. The van der Waals surface area contributed by atoms with Crippen molar-refractivity contribution in [1.82, 2.24) is 0 Å². The normalized spacial score (nSPS) is 14.2. The van der Waals surface area contributed by atoms with Crippen molar-refractivity contribution in [2.24, 2.45) is 0 Å². The van der Waals surface area contributed by atoms with Crippen molar-refractivity contribution in [2.45, 2.75) is 24.6 Å². The Hall–Kier alpha value is -0.600. The van der Waals surface area contributed by atoms with E-state index < -0.39 is 0 Å². The zero-order valence-electron chi connectivity index (χ0n) is 10.6. The van der Waals surface area contributed by atoms with Gasteiger partial charge in [-0.2, -0.15) is 0 Å². The molecule has 0 aliphatic carbocycles. The molecule has 0 aliphatic rings. The van der Waals surface area contributed by atoms with Crippen LogP contribution >= 0.6 is 31.9 Å². The van der Waals surface area contributed by atoms with Crippen LogP contribution in [0, 0.1) is 0 Å². The van der Waals surface area contributed by atoms with E-state index in [-0.39, 0.29) is 4.32 Å². The number of aryl methyl sites for hydroxylation is 1. The molecule has 0 fully saturated rings.